The predicted molar refractivity (Wildman–Crippen MR) is 134 cm³/mol. The van der Waals surface area contributed by atoms with Gasteiger partial charge in [0, 0.05) is 36.1 Å². The molecule has 0 saturated carbocycles. The number of rotatable bonds is 7. The lowest BCUT2D eigenvalue weighted by Crippen LogP contribution is -2.45. The zero-order valence-corrected chi connectivity index (χ0v) is 19.4. The third-order valence-electron chi connectivity index (χ3n) is 5.38. The number of fused-ring (bicyclic) bond motifs is 1. The van der Waals surface area contributed by atoms with E-state index in [0.717, 1.165) is 22.5 Å². The zero-order chi connectivity index (χ0) is 24.9. The molecule has 0 aliphatic heterocycles. The van der Waals surface area contributed by atoms with Gasteiger partial charge >= 0.3 is 0 Å². The van der Waals surface area contributed by atoms with Crippen LogP contribution in [0.3, 0.4) is 0 Å². The zero-order valence-electron chi connectivity index (χ0n) is 18.7. The van der Waals surface area contributed by atoms with Crippen molar-refractivity contribution in [3.8, 4) is 0 Å². The van der Waals surface area contributed by atoms with Gasteiger partial charge < -0.3 is 20.9 Å². The van der Waals surface area contributed by atoms with Crippen LogP contribution in [0, 0.1) is 5.82 Å². The Hall–Kier alpha value is -4.17. The van der Waals surface area contributed by atoms with Crippen molar-refractivity contribution in [3.05, 3.63) is 94.9 Å². The molecule has 4 aromatic rings. The Morgan fingerprint density at radius 3 is 2.51 bits per heavy atom. The average molecular weight is 493 g/mol. The number of nitrogens with one attached hydrogen (secondary N) is 4. The summed E-state index contributed by atoms with van der Waals surface area (Å²) in [6.07, 6.45) is 1.98. The second-order valence-corrected chi connectivity index (χ2v) is 8.34. The lowest BCUT2D eigenvalue weighted by Gasteiger charge is -2.19. The van der Waals surface area contributed by atoms with Crippen LogP contribution in [0.2, 0.25) is 5.02 Å². The Bertz CT molecular complexity index is 1420. The number of anilines is 2. The van der Waals surface area contributed by atoms with E-state index >= 15 is 0 Å². The highest BCUT2D eigenvalue weighted by atomic mass is 35.5. The number of carbonyl (C=O) groups excluding carboxylic acids is 3. The summed E-state index contributed by atoms with van der Waals surface area (Å²) in [7, 11) is 0. The summed E-state index contributed by atoms with van der Waals surface area (Å²) in [4.78, 5) is 40.8. The molecule has 3 amide bonds. The number of hydrogen-bond donors (Lipinski definition) is 4. The van der Waals surface area contributed by atoms with Crippen LogP contribution < -0.4 is 16.0 Å². The molecule has 1 unspecified atom stereocenters. The van der Waals surface area contributed by atoms with Gasteiger partial charge in [-0.15, -0.1) is 0 Å². The third-order valence-corrected chi connectivity index (χ3v) is 5.71. The van der Waals surface area contributed by atoms with Crippen LogP contribution in [0.5, 0.6) is 0 Å². The molecule has 9 heteroatoms. The van der Waals surface area contributed by atoms with Gasteiger partial charge in [0.1, 0.15) is 11.9 Å². The Labute approximate surface area is 205 Å². The Morgan fingerprint density at radius 2 is 1.74 bits per heavy atom. The molecule has 0 saturated heterocycles. The van der Waals surface area contributed by atoms with E-state index < -0.39 is 29.6 Å². The Balaban J connectivity index is 1.61. The van der Waals surface area contributed by atoms with Gasteiger partial charge in [-0.1, -0.05) is 41.9 Å². The minimum atomic E-state index is -0.979. The van der Waals surface area contributed by atoms with Crippen molar-refractivity contribution >= 4 is 51.6 Å². The largest absolute Gasteiger partial charge is 0.361 e. The molecule has 0 aliphatic carbocycles. The summed E-state index contributed by atoms with van der Waals surface area (Å²) in [5.74, 6) is -2.11. The maximum Gasteiger partial charge on any atom is 0.253 e. The molecule has 0 aliphatic rings. The van der Waals surface area contributed by atoms with E-state index in [4.69, 9.17) is 11.6 Å². The van der Waals surface area contributed by atoms with Crippen molar-refractivity contribution in [1.82, 2.24) is 10.3 Å². The average Bonchev–Trinajstić information content (AvgIpc) is 3.23. The van der Waals surface area contributed by atoms with Gasteiger partial charge in [0.05, 0.1) is 16.3 Å². The van der Waals surface area contributed by atoms with Gasteiger partial charge in [0.15, 0.2) is 0 Å². The van der Waals surface area contributed by atoms with Gasteiger partial charge in [-0.2, -0.15) is 0 Å². The molecular weight excluding hydrogens is 471 g/mol. The molecule has 4 rings (SSSR count). The summed E-state index contributed by atoms with van der Waals surface area (Å²) in [6.45, 7) is 1.26. The van der Waals surface area contributed by atoms with Crippen LogP contribution in [-0.2, 0) is 16.0 Å². The van der Waals surface area contributed by atoms with Crippen LogP contribution in [0.4, 0.5) is 15.8 Å². The van der Waals surface area contributed by atoms with Gasteiger partial charge in [0.2, 0.25) is 11.8 Å². The molecule has 0 spiro atoms. The topological polar surface area (TPSA) is 103 Å². The van der Waals surface area contributed by atoms with Crippen LogP contribution in [0.25, 0.3) is 10.9 Å². The first kappa shape index (κ1) is 24.0. The fourth-order valence-corrected chi connectivity index (χ4v) is 3.95. The fourth-order valence-electron chi connectivity index (χ4n) is 3.73. The smallest absolute Gasteiger partial charge is 0.253 e. The molecule has 7 nitrogen and oxygen atoms in total. The Morgan fingerprint density at radius 1 is 1.00 bits per heavy atom. The molecule has 0 fully saturated rings. The summed E-state index contributed by atoms with van der Waals surface area (Å²) in [5, 5.41) is 9.02. The molecule has 0 bridgehead atoms. The number of benzene rings is 3. The van der Waals surface area contributed by atoms with E-state index in [2.05, 4.69) is 20.9 Å². The minimum absolute atomic E-state index is 0.0661. The van der Waals surface area contributed by atoms with E-state index in [1.54, 1.807) is 30.5 Å². The van der Waals surface area contributed by atoms with Crippen molar-refractivity contribution in [1.29, 1.82) is 0 Å². The van der Waals surface area contributed by atoms with E-state index in [9.17, 15) is 18.8 Å². The lowest BCUT2D eigenvalue weighted by molar-refractivity contribution is -0.118. The van der Waals surface area contributed by atoms with E-state index in [0.29, 0.717) is 0 Å². The van der Waals surface area contributed by atoms with E-state index in [1.807, 2.05) is 24.3 Å². The Kier molecular flexibility index (Phi) is 7.12. The number of aromatic nitrogens is 1. The number of para-hydroxylation sites is 1. The molecule has 3 aromatic carbocycles. The number of aromatic amines is 1. The second-order valence-electron chi connectivity index (χ2n) is 7.93. The number of amides is 3. The predicted octanol–water partition coefficient (Wildman–Crippen LogP) is 4.90. The number of hydrogen-bond acceptors (Lipinski definition) is 3. The van der Waals surface area contributed by atoms with Crippen LogP contribution in [0.15, 0.2) is 72.9 Å². The fraction of sp³-hybridized carbons (Fsp3) is 0.115. The molecule has 1 aromatic heterocycles. The van der Waals surface area contributed by atoms with E-state index in [1.165, 1.54) is 19.1 Å². The third kappa shape index (κ3) is 5.67. The number of carbonyl (C=O) groups is 3. The maximum atomic E-state index is 14.0. The SMILES string of the molecule is CC(=O)Nc1cc(NC(=O)C(Cc2c[nH]c3ccccc23)NC(=O)c2ccccc2Cl)ccc1F. The minimum Gasteiger partial charge on any atom is -0.361 e. The first-order valence-electron chi connectivity index (χ1n) is 10.8. The first-order valence-corrected chi connectivity index (χ1v) is 11.2. The summed E-state index contributed by atoms with van der Waals surface area (Å²) in [6, 6.07) is 17.0. The summed E-state index contributed by atoms with van der Waals surface area (Å²) in [5.41, 5.74) is 2.16. The van der Waals surface area contributed by atoms with Crippen molar-refractivity contribution in [3.63, 3.8) is 0 Å². The van der Waals surface area contributed by atoms with Crippen LogP contribution in [-0.4, -0.2) is 28.7 Å². The second kappa shape index (κ2) is 10.4. The van der Waals surface area contributed by atoms with Gasteiger partial charge in [-0.25, -0.2) is 4.39 Å². The summed E-state index contributed by atoms with van der Waals surface area (Å²) >= 11 is 6.17. The standard InChI is InChI=1S/C26H22ClFN4O3/c1-15(33)30-23-13-17(10-11-21(23)28)31-26(35)24(32-25(34)19-7-2-4-8-20(19)27)12-16-14-29-22-9-5-3-6-18(16)22/h2-11,13-14,24,29H,12H2,1H3,(H,30,33)(H,31,35)(H,32,34). The highest BCUT2D eigenvalue weighted by Gasteiger charge is 2.24. The van der Waals surface area contributed by atoms with Gasteiger partial charge in [-0.3, -0.25) is 14.4 Å². The molecule has 4 N–H and O–H groups in total. The van der Waals surface area contributed by atoms with Crippen molar-refractivity contribution in [2.45, 2.75) is 19.4 Å². The van der Waals surface area contributed by atoms with Gasteiger partial charge in [0.25, 0.3) is 5.91 Å². The van der Waals surface area contributed by atoms with Gasteiger partial charge in [-0.05, 0) is 42.0 Å². The molecule has 1 heterocycles. The quantitative estimate of drug-likeness (QED) is 0.295. The highest BCUT2D eigenvalue weighted by Crippen LogP contribution is 2.22. The monoisotopic (exact) mass is 492 g/mol. The van der Waals surface area contributed by atoms with Crippen LogP contribution >= 0.6 is 11.6 Å². The molecular formula is C26H22ClFN4O3. The molecule has 1 atom stereocenters. The van der Waals surface area contributed by atoms with Crippen molar-refractivity contribution < 1.29 is 18.8 Å². The van der Waals surface area contributed by atoms with E-state index in [-0.39, 0.29) is 28.4 Å². The highest BCUT2D eigenvalue weighted by molar-refractivity contribution is 6.33. The summed E-state index contributed by atoms with van der Waals surface area (Å²) < 4.78 is 14.0. The maximum absolute atomic E-state index is 14.0. The van der Waals surface area contributed by atoms with Crippen molar-refractivity contribution in [2.75, 3.05) is 10.6 Å². The van der Waals surface area contributed by atoms with Crippen LogP contribution in [0.1, 0.15) is 22.8 Å². The number of H-pyrrole nitrogens is 1. The molecule has 35 heavy (non-hydrogen) atoms. The normalized spacial score (nSPS) is 11.6. The number of halogens is 2. The lowest BCUT2D eigenvalue weighted by atomic mass is 10.0. The first-order chi connectivity index (χ1) is 16.8. The van der Waals surface area contributed by atoms with Crippen molar-refractivity contribution in [2.24, 2.45) is 0 Å². The molecule has 0 radical (unpaired) electrons. The molecule has 178 valence electrons.